The predicted molar refractivity (Wildman–Crippen MR) is 75.1 cm³/mol. The average Bonchev–Trinajstić information content (AvgIpc) is 2.34. The van der Waals surface area contributed by atoms with Crippen molar-refractivity contribution in [1.82, 2.24) is 0 Å². The molecule has 2 aromatic carbocycles. The van der Waals surface area contributed by atoms with Crippen LogP contribution in [0.4, 0.5) is 0 Å². The standard InChI is InChI=1S/C17H18/c1-14-6-10-16(11-7-14)4-3-5-17-12-8-15(2)9-13-17/h3-4,6-13H,5H2,1-2H3/b4-3+. The Hall–Kier alpha value is -1.82. The molecule has 0 aromatic heterocycles. The van der Waals surface area contributed by atoms with Gasteiger partial charge in [0.25, 0.3) is 0 Å². The molecule has 0 radical (unpaired) electrons. The molecule has 0 heterocycles. The van der Waals surface area contributed by atoms with Crippen LogP contribution in [0, 0.1) is 13.8 Å². The zero-order valence-corrected chi connectivity index (χ0v) is 10.5. The van der Waals surface area contributed by atoms with E-state index in [-0.39, 0.29) is 0 Å². The van der Waals surface area contributed by atoms with Crippen molar-refractivity contribution in [2.24, 2.45) is 0 Å². The van der Waals surface area contributed by atoms with E-state index in [0.29, 0.717) is 0 Å². The van der Waals surface area contributed by atoms with Crippen molar-refractivity contribution in [3.63, 3.8) is 0 Å². The van der Waals surface area contributed by atoms with Gasteiger partial charge >= 0.3 is 0 Å². The number of benzene rings is 2. The molecule has 86 valence electrons. The monoisotopic (exact) mass is 222 g/mol. The summed E-state index contributed by atoms with van der Waals surface area (Å²) in [6.07, 6.45) is 5.39. The first kappa shape index (κ1) is 11.7. The minimum absolute atomic E-state index is 0.994. The lowest BCUT2D eigenvalue weighted by Gasteiger charge is -1.98. The van der Waals surface area contributed by atoms with E-state index in [2.05, 4.69) is 74.5 Å². The fourth-order valence-corrected chi connectivity index (χ4v) is 1.73. The Kier molecular flexibility index (Phi) is 3.77. The Bertz CT molecular complexity index is 487. The molecule has 0 unspecified atom stereocenters. The van der Waals surface area contributed by atoms with Crippen molar-refractivity contribution in [3.05, 3.63) is 76.9 Å². The van der Waals surface area contributed by atoms with E-state index in [1.165, 1.54) is 22.3 Å². The number of aryl methyl sites for hydroxylation is 2. The van der Waals surface area contributed by atoms with Gasteiger partial charge in [-0.25, -0.2) is 0 Å². The van der Waals surface area contributed by atoms with Crippen molar-refractivity contribution in [3.8, 4) is 0 Å². The van der Waals surface area contributed by atoms with Gasteiger partial charge in [-0.3, -0.25) is 0 Å². The Labute approximate surface area is 104 Å². The number of hydrogen-bond donors (Lipinski definition) is 0. The lowest BCUT2D eigenvalue weighted by molar-refractivity contribution is 1.26. The van der Waals surface area contributed by atoms with E-state index < -0.39 is 0 Å². The van der Waals surface area contributed by atoms with Crippen molar-refractivity contribution in [1.29, 1.82) is 0 Å². The molecule has 17 heavy (non-hydrogen) atoms. The first-order valence-electron chi connectivity index (χ1n) is 6.03. The maximum atomic E-state index is 2.22. The van der Waals surface area contributed by atoms with E-state index in [9.17, 15) is 0 Å². The topological polar surface area (TPSA) is 0 Å². The van der Waals surface area contributed by atoms with Crippen LogP contribution >= 0.6 is 0 Å². The minimum atomic E-state index is 0.994. The summed E-state index contributed by atoms with van der Waals surface area (Å²) in [6, 6.07) is 17.3. The molecule has 0 bridgehead atoms. The van der Waals surface area contributed by atoms with Crippen LogP contribution in [0.2, 0.25) is 0 Å². The van der Waals surface area contributed by atoms with Gasteiger partial charge in [-0.05, 0) is 31.4 Å². The number of allylic oxidation sites excluding steroid dienone is 1. The molecule has 0 saturated carbocycles. The highest BCUT2D eigenvalue weighted by atomic mass is 14.0. The predicted octanol–water partition coefficient (Wildman–Crippen LogP) is 4.56. The minimum Gasteiger partial charge on any atom is -0.0795 e. The summed E-state index contributed by atoms with van der Waals surface area (Å²) in [4.78, 5) is 0. The van der Waals surface area contributed by atoms with Gasteiger partial charge in [-0.2, -0.15) is 0 Å². The highest BCUT2D eigenvalue weighted by Gasteiger charge is 1.90. The van der Waals surface area contributed by atoms with Gasteiger partial charge in [0.15, 0.2) is 0 Å². The van der Waals surface area contributed by atoms with E-state index in [0.717, 1.165) is 6.42 Å². The van der Waals surface area contributed by atoms with E-state index >= 15 is 0 Å². The van der Waals surface area contributed by atoms with Gasteiger partial charge in [-0.15, -0.1) is 0 Å². The van der Waals surface area contributed by atoms with Crippen molar-refractivity contribution in [2.45, 2.75) is 20.3 Å². The van der Waals surface area contributed by atoms with Gasteiger partial charge in [0.05, 0.1) is 0 Å². The zero-order chi connectivity index (χ0) is 12.1. The molecule has 0 amide bonds. The van der Waals surface area contributed by atoms with Gasteiger partial charge in [-0.1, -0.05) is 71.8 Å². The Morgan fingerprint density at radius 1 is 0.765 bits per heavy atom. The van der Waals surface area contributed by atoms with Crippen LogP contribution in [-0.4, -0.2) is 0 Å². The van der Waals surface area contributed by atoms with Crippen molar-refractivity contribution < 1.29 is 0 Å². The quantitative estimate of drug-likeness (QED) is 0.714. The fourth-order valence-electron chi connectivity index (χ4n) is 1.73. The molecule has 2 aromatic rings. The molecule has 0 fully saturated rings. The maximum Gasteiger partial charge on any atom is -0.00941 e. The molecular weight excluding hydrogens is 204 g/mol. The largest absolute Gasteiger partial charge is 0.0795 e. The summed E-state index contributed by atoms with van der Waals surface area (Å²) in [5.74, 6) is 0. The molecule has 0 aliphatic heterocycles. The molecule has 0 aliphatic carbocycles. The highest BCUT2D eigenvalue weighted by molar-refractivity contribution is 5.50. The van der Waals surface area contributed by atoms with Gasteiger partial charge in [0.2, 0.25) is 0 Å². The molecule has 0 N–H and O–H groups in total. The Balaban J connectivity index is 1.97. The summed E-state index contributed by atoms with van der Waals surface area (Å²) in [5.41, 5.74) is 5.25. The SMILES string of the molecule is Cc1ccc(/C=C/Cc2ccc(C)cc2)cc1. The first-order chi connectivity index (χ1) is 8.24. The van der Waals surface area contributed by atoms with Crippen LogP contribution in [0.15, 0.2) is 54.6 Å². The summed E-state index contributed by atoms with van der Waals surface area (Å²) < 4.78 is 0. The molecular formula is C17H18. The molecule has 0 aliphatic rings. The van der Waals surface area contributed by atoms with Crippen LogP contribution in [0.25, 0.3) is 6.08 Å². The third-order valence-electron chi connectivity index (χ3n) is 2.86. The second-order valence-corrected chi connectivity index (χ2v) is 4.50. The summed E-state index contributed by atoms with van der Waals surface area (Å²) in [6.45, 7) is 4.23. The molecule has 2 rings (SSSR count). The third kappa shape index (κ3) is 3.60. The van der Waals surface area contributed by atoms with Crippen LogP contribution < -0.4 is 0 Å². The van der Waals surface area contributed by atoms with E-state index in [1.807, 2.05) is 0 Å². The smallest absolute Gasteiger partial charge is 0.00941 e. The summed E-state index contributed by atoms with van der Waals surface area (Å²) >= 11 is 0. The third-order valence-corrected chi connectivity index (χ3v) is 2.86. The maximum absolute atomic E-state index is 2.22. The second-order valence-electron chi connectivity index (χ2n) is 4.50. The molecule has 0 heteroatoms. The first-order valence-corrected chi connectivity index (χ1v) is 6.03. The Morgan fingerprint density at radius 3 is 1.88 bits per heavy atom. The van der Waals surface area contributed by atoms with E-state index in [4.69, 9.17) is 0 Å². The van der Waals surface area contributed by atoms with Crippen LogP contribution in [0.3, 0.4) is 0 Å². The lowest BCUT2D eigenvalue weighted by Crippen LogP contribution is -1.81. The van der Waals surface area contributed by atoms with Crippen molar-refractivity contribution >= 4 is 6.08 Å². The van der Waals surface area contributed by atoms with Crippen LogP contribution in [0.5, 0.6) is 0 Å². The van der Waals surface area contributed by atoms with Crippen LogP contribution in [-0.2, 0) is 6.42 Å². The Morgan fingerprint density at radius 2 is 1.29 bits per heavy atom. The van der Waals surface area contributed by atoms with E-state index in [1.54, 1.807) is 0 Å². The fraction of sp³-hybridized carbons (Fsp3) is 0.176. The van der Waals surface area contributed by atoms with Gasteiger partial charge in [0, 0.05) is 0 Å². The van der Waals surface area contributed by atoms with Gasteiger partial charge < -0.3 is 0 Å². The molecule has 0 spiro atoms. The lowest BCUT2D eigenvalue weighted by atomic mass is 10.1. The molecule has 0 saturated heterocycles. The number of rotatable bonds is 3. The van der Waals surface area contributed by atoms with Gasteiger partial charge in [0.1, 0.15) is 0 Å². The summed E-state index contributed by atoms with van der Waals surface area (Å²) in [7, 11) is 0. The number of hydrogen-bond acceptors (Lipinski definition) is 0. The second kappa shape index (κ2) is 5.49. The van der Waals surface area contributed by atoms with Crippen LogP contribution in [0.1, 0.15) is 22.3 Å². The van der Waals surface area contributed by atoms with Crippen molar-refractivity contribution in [2.75, 3.05) is 0 Å². The highest BCUT2D eigenvalue weighted by Crippen LogP contribution is 2.08. The molecule has 0 nitrogen and oxygen atoms in total. The average molecular weight is 222 g/mol. The normalized spacial score (nSPS) is 10.9. The summed E-state index contributed by atoms with van der Waals surface area (Å²) in [5, 5.41) is 0. The molecule has 0 atom stereocenters. The zero-order valence-electron chi connectivity index (χ0n) is 10.5.